The molecule has 1 aromatic rings. The molecular formula is C10H6Br2S2Se2. The van der Waals surface area contributed by atoms with Gasteiger partial charge in [0, 0.05) is 0 Å². The second-order valence-corrected chi connectivity index (χ2v) is 14.9. The quantitative estimate of drug-likeness (QED) is 0.510. The van der Waals surface area contributed by atoms with Crippen molar-refractivity contribution in [3.63, 3.8) is 0 Å². The fourth-order valence-electron chi connectivity index (χ4n) is 1.68. The summed E-state index contributed by atoms with van der Waals surface area (Å²) < 4.78 is 2.56. The number of hydrogen-bond donors (Lipinski definition) is 0. The molecule has 2 unspecified atom stereocenters. The molecule has 1 aromatic heterocycles. The topological polar surface area (TPSA) is 0 Å². The summed E-state index contributed by atoms with van der Waals surface area (Å²) in [6.45, 7) is 0. The van der Waals surface area contributed by atoms with Crippen LogP contribution in [0, 0.1) is 5.92 Å². The van der Waals surface area contributed by atoms with E-state index < -0.39 is 0 Å². The van der Waals surface area contributed by atoms with Crippen LogP contribution in [0.25, 0.3) is 0 Å². The predicted molar refractivity (Wildman–Crippen MR) is 82.4 cm³/mol. The summed E-state index contributed by atoms with van der Waals surface area (Å²) in [5.74, 6) is 0.653. The number of hydrogen-bond acceptors (Lipinski definition) is 2. The molecule has 6 heteroatoms. The molecule has 0 radical (unpaired) electrons. The van der Waals surface area contributed by atoms with E-state index in [4.69, 9.17) is 0 Å². The van der Waals surface area contributed by atoms with Gasteiger partial charge in [0.2, 0.25) is 0 Å². The van der Waals surface area contributed by atoms with Crippen molar-refractivity contribution in [2.24, 2.45) is 5.92 Å². The van der Waals surface area contributed by atoms with E-state index in [9.17, 15) is 0 Å². The van der Waals surface area contributed by atoms with Crippen LogP contribution in [0.1, 0.15) is 9.69 Å². The molecule has 0 N–H and O–H groups in total. The van der Waals surface area contributed by atoms with Crippen molar-refractivity contribution < 1.29 is 0 Å². The molecule has 0 fully saturated rings. The normalized spacial score (nSPS) is 28.6. The zero-order valence-electron chi connectivity index (χ0n) is 7.85. The van der Waals surface area contributed by atoms with Gasteiger partial charge in [-0.2, -0.15) is 0 Å². The van der Waals surface area contributed by atoms with Crippen molar-refractivity contribution in [1.29, 1.82) is 0 Å². The molecule has 2 aliphatic rings. The van der Waals surface area contributed by atoms with Gasteiger partial charge in [-0.1, -0.05) is 0 Å². The molecule has 0 saturated heterocycles. The van der Waals surface area contributed by atoms with E-state index in [0.717, 1.165) is 31.1 Å². The SMILES string of the molecule is BrC1=CC2C(=C[Se][Se]C2c2ccc(Br)s2)S1. The first kappa shape index (κ1) is 12.6. The summed E-state index contributed by atoms with van der Waals surface area (Å²) in [7, 11) is 0. The minimum atomic E-state index is 0.653. The Labute approximate surface area is 131 Å². The monoisotopic (exact) mass is 508 g/mol. The molecular weight excluding hydrogens is 502 g/mol. The maximum atomic E-state index is 3.63. The Morgan fingerprint density at radius 1 is 1.25 bits per heavy atom. The van der Waals surface area contributed by atoms with Gasteiger partial charge in [-0.05, 0) is 0 Å². The summed E-state index contributed by atoms with van der Waals surface area (Å²) in [6, 6.07) is 4.48. The zero-order chi connectivity index (χ0) is 11.1. The van der Waals surface area contributed by atoms with Crippen LogP contribution in [0.15, 0.2) is 35.7 Å². The van der Waals surface area contributed by atoms with Gasteiger partial charge in [-0.25, -0.2) is 0 Å². The van der Waals surface area contributed by atoms with Crippen molar-refractivity contribution in [3.05, 3.63) is 40.6 Å². The van der Waals surface area contributed by atoms with Gasteiger partial charge in [0.05, 0.1) is 0 Å². The average molecular weight is 508 g/mol. The van der Waals surface area contributed by atoms with Gasteiger partial charge in [-0.15, -0.1) is 0 Å². The van der Waals surface area contributed by atoms with Crippen LogP contribution in [0.2, 0.25) is 0 Å². The van der Waals surface area contributed by atoms with E-state index in [1.54, 1.807) is 9.78 Å². The van der Waals surface area contributed by atoms with Crippen LogP contribution in [-0.2, 0) is 0 Å². The third-order valence-corrected chi connectivity index (χ3v) is 13.5. The van der Waals surface area contributed by atoms with Gasteiger partial charge in [0.15, 0.2) is 0 Å². The van der Waals surface area contributed by atoms with Crippen LogP contribution >= 0.6 is 55.0 Å². The minimum absolute atomic E-state index is 0.653. The van der Waals surface area contributed by atoms with Crippen LogP contribution in [-0.4, -0.2) is 26.3 Å². The van der Waals surface area contributed by atoms with Crippen molar-refractivity contribution in [1.82, 2.24) is 0 Å². The van der Waals surface area contributed by atoms with E-state index >= 15 is 0 Å². The van der Waals surface area contributed by atoms with Gasteiger partial charge >= 0.3 is 133 Å². The summed E-state index contributed by atoms with van der Waals surface area (Å²) in [6.07, 6.45) is 2.39. The third-order valence-electron chi connectivity index (χ3n) is 2.38. The first-order valence-electron chi connectivity index (χ1n) is 4.56. The average Bonchev–Trinajstić information content (AvgIpc) is 2.82. The maximum absolute atomic E-state index is 3.63. The Kier molecular flexibility index (Phi) is 4.13. The number of thioether (sulfide) groups is 1. The fourth-order valence-corrected chi connectivity index (χ4v) is 15.0. The first-order chi connectivity index (χ1) is 7.74. The second kappa shape index (κ2) is 5.26. The van der Waals surface area contributed by atoms with E-state index in [-0.39, 0.29) is 0 Å². The molecule has 16 heavy (non-hydrogen) atoms. The van der Waals surface area contributed by atoms with Gasteiger partial charge in [0.1, 0.15) is 0 Å². The van der Waals surface area contributed by atoms with Crippen LogP contribution < -0.4 is 0 Å². The molecule has 2 aliphatic heterocycles. The zero-order valence-corrected chi connectivity index (χ0v) is 16.1. The standard InChI is InChI=1S/C10H6Br2S2Se2/c11-8-2-1-6(13-8)10-5-3-9(12)14-7(5)4-15-16-10/h1-5,10H. The summed E-state index contributed by atoms with van der Waals surface area (Å²) in [5, 5.41) is 0. The Morgan fingerprint density at radius 3 is 2.88 bits per heavy atom. The molecule has 3 rings (SSSR count). The van der Waals surface area contributed by atoms with Crippen LogP contribution in [0.5, 0.6) is 0 Å². The van der Waals surface area contributed by atoms with E-state index in [1.165, 1.54) is 7.60 Å². The van der Waals surface area contributed by atoms with E-state index in [0.29, 0.717) is 5.92 Å². The number of fused-ring (bicyclic) bond motifs is 1. The molecule has 0 aromatic carbocycles. The number of halogens is 2. The van der Waals surface area contributed by atoms with Gasteiger partial charge in [0.25, 0.3) is 0 Å². The molecule has 2 atom stereocenters. The van der Waals surface area contributed by atoms with E-state index in [2.05, 4.69) is 55.0 Å². The summed E-state index contributed by atoms with van der Waals surface area (Å²) in [4.78, 5) is 6.40. The van der Waals surface area contributed by atoms with Crippen molar-refractivity contribution in [2.45, 2.75) is 4.82 Å². The van der Waals surface area contributed by atoms with Crippen molar-refractivity contribution in [3.8, 4) is 0 Å². The Hall–Kier alpha value is 1.53. The molecule has 84 valence electrons. The second-order valence-electron chi connectivity index (χ2n) is 3.37. The molecule has 0 nitrogen and oxygen atoms in total. The number of allylic oxidation sites excluding steroid dienone is 2. The summed E-state index contributed by atoms with van der Waals surface area (Å²) in [5.41, 5.74) is 0. The molecule has 0 spiro atoms. The van der Waals surface area contributed by atoms with Crippen molar-refractivity contribution in [2.75, 3.05) is 0 Å². The Morgan fingerprint density at radius 2 is 2.12 bits per heavy atom. The third kappa shape index (κ3) is 2.46. The number of rotatable bonds is 1. The number of thiophene rings is 1. The molecule has 0 amide bonds. The Balaban J connectivity index is 1.94. The van der Waals surface area contributed by atoms with E-state index in [1.807, 2.05) is 23.1 Å². The van der Waals surface area contributed by atoms with Gasteiger partial charge in [-0.3, -0.25) is 0 Å². The first-order valence-corrected chi connectivity index (χ1v) is 14.1. The van der Waals surface area contributed by atoms with Crippen molar-refractivity contribution >= 4 is 81.2 Å². The Bertz CT molecular complexity index is 481. The molecule has 0 bridgehead atoms. The van der Waals surface area contributed by atoms with Crippen LogP contribution in [0.4, 0.5) is 0 Å². The summed E-state index contributed by atoms with van der Waals surface area (Å²) >= 11 is 12.5. The molecule has 3 heterocycles. The van der Waals surface area contributed by atoms with Crippen LogP contribution in [0.3, 0.4) is 0 Å². The molecule has 0 saturated carbocycles. The fraction of sp³-hybridized carbons (Fsp3) is 0.200. The van der Waals surface area contributed by atoms with Gasteiger partial charge < -0.3 is 0 Å². The predicted octanol–water partition coefficient (Wildman–Crippen LogP) is 4.33. The molecule has 0 aliphatic carbocycles.